The maximum Gasteiger partial charge on any atom is 0.231 e. The van der Waals surface area contributed by atoms with E-state index in [1.54, 1.807) is 14.2 Å². The zero-order valence-electron chi connectivity index (χ0n) is 17.8. The molecule has 0 saturated heterocycles. The summed E-state index contributed by atoms with van der Waals surface area (Å²) in [4.78, 5) is 13.3. The Labute approximate surface area is 181 Å². The summed E-state index contributed by atoms with van der Waals surface area (Å²) in [6, 6.07) is 24.5. The van der Waals surface area contributed by atoms with Crippen molar-refractivity contribution < 1.29 is 18.7 Å². The lowest BCUT2D eigenvalue weighted by atomic mass is 9.95. The molecule has 1 amide bonds. The minimum absolute atomic E-state index is 0.152. The highest BCUT2D eigenvalue weighted by Crippen LogP contribution is 2.35. The number of methoxy groups -OCH3 is 2. The summed E-state index contributed by atoms with van der Waals surface area (Å²) in [5, 5.41) is 4.16. The predicted molar refractivity (Wildman–Crippen MR) is 121 cm³/mol. The van der Waals surface area contributed by atoms with Crippen molar-refractivity contribution in [2.24, 2.45) is 0 Å². The van der Waals surface area contributed by atoms with Gasteiger partial charge in [0.05, 0.1) is 26.2 Å². The van der Waals surface area contributed by atoms with Crippen LogP contribution in [-0.4, -0.2) is 20.1 Å². The minimum Gasteiger partial charge on any atom is -0.496 e. The Balaban J connectivity index is 1.70. The highest BCUT2D eigenvalue weighted by Gasteiger charge is 2.27. The number of fused-ring (bicyclic) bond motifs is 1. The van der Waals surface area contributed by atoms with Crippen molar-refractivity contribution in [2.75, 3.05) is 14.2 Å². The number of furan rings is 1. The monoisotopic (exact) mass is 415 g/mol. The van der Waals surface area contributed by atoms with Gasteiger partial charge in [-0.05, 0) is 31.2 Å². The van der Waals surface area contributed by atoms with E-state index >= 15 is 0 Å². The van der Waals surface area contributed by atoms with Crippen LogP contribution in [0.1, 0.15) is 35.8 Å². The first kappa shape index (κ1) is 20.5. The Kier molecular flexibility index (Phi) is 5.94. The van der Waals surface area contributed by atoms with E-state index in [0.717, 1.165) is 22.1 Å². The molecule has 1 heterocycles. The lowest BCUT2D eigenvalue weighted by Crippen LogP contribution is -2.33. The van der Waals surface area contributed by atoms with E-state index in [0.29, 0.717) is 17.3 Å². The number of benzene rings is 3. The maximum absolute atomic E-state index is 13.3. The standard InChI is InChI=1S/C26H25NO4/c1-17(24-16-18-10-4-7-13-21(18)31-24)26(28)27-25(19-11-5-8-14-22(19)29-2)20-12-6-9-15-23(20)30-3/h4-17,25H,1-3H3,(H,27,28)/t17-/m1/s1. The van der Waals surface area contributed by atoms with Crippen LogP contribution in [0, 0.1) is 0 Å². The first-order chi connectivity index (χ1) is 15.1. The van der Waals surface area contributed by atoms with Gasteiger partial charge in [0, 0.05) is 16.5 Å². The van der Waals surface area contributed by atoms with Gasteiger partial charge in [-0.15, -0.1) is 0 Å². The van der Waals surface area contributed by atoms with Crippen LogP contribution in [0.25, 0.3) is 11.0 Å². The third-order valence-electron chi connectivity index (χ3n) is 5.45. The second kappa shape index (κ2) is 8.96. The van der Waals surface area contributed by atoms with Crippen molar-refractivity contribution >= 4 is 16.9 Å². The van der Waals surface area contributed by atoms with Gasteiger partial charge in [0.25, 0.3) is 0 Å². The van der Waals surface area contributed by atoms with Crippen molar-refractivity contribution in [3.8, 4) is 11.5 Å². The number of amides is 1. The zero-order valence-corrected chi connectivity index (χ0v) is 17.8. The first-order valence-corrected chi connectivity index (χ1v) is 10.2. The summed E-state index contributed by atoms with van der Waals surface area (Å²) >= 11 is 0. The van der Waals surface area contributed by atoms with Crippen LogP contribution in [0.5, 0.6) is 11.5 Å². The average Bonchev–Trinajstić information content (AvgIpc) is 3.26. The van der Waals surface area contributed by atoms with E-state index < -0.39 is 12.0 Å². The molecule has 0 fully saturated rings. The van der Waals surface area contributed by atoms with Gasteiger partial charge in [0.2, 0.25) is 5.91 Å². The number of carbonyl (C=O) groups is 1. The molecule has 4 rings (SSSR count). The van der Waals surface area contributed by atoms with E-state index in [4.69, 9.17) is 13.9 Å². The van der Waals surface area contributed by atoms with Crippen molar-refractivity contribution in [1.29, 1.82) is 0 Å². The van der Waals surface area contributed by atoms with Crippen LogP contribution in [-0.2, 0) is 4.79 Å². The van der Waals surface area contributed by atoms with Crippen LogP contribution in [0.3, 0.4) is 0 Å². The van der Waals surface area contributed by atoms with Crippen LogP contribution in [0.4, 0.5) is 0 Å². The van der Waals surface area contributed by atoms with Crippen LogP contribution >= 0.6 is 0 Å². The molecule has 0 spiro atoms. The highest BCUT2D eigenvalue weighted by atomic mass is 16.5. The topological polar surface area (TPSA) is 60.7 Å². The van der Waals surface area contributed by atoms with Gasteiger partial charge in [-0.25, -0.2) is 0 Å². The number of rotatable bonds is 7. The summed E-state index contributed by atoms with van der Waals surface area (Å²) in [7, 11) is 3.24. The van der Waals surface area contributed by atoms with E-state index in [1.807, 2.05) is 85.8 Å². The summed E-state index contributed by atoms with van der Waals surface area (Å²) < 4.78 is 17.1. The molecule has 0 aliphatic heterocycles. The molecule has 0 aliphatic rings. The van der Waals surface area contributed by atoms with E-state index in [2.05, 4.69) is 5.32 Å². The number of ether oxygens (including phenoxy) is 2. The number of nitrogens with one attached hydrogen (secondary N) is 1. The SMILES string of the molecule is COc1ccccc1C(NC(=O)[C@H](C)c1cc2ccccc2o1)c1ccccc1OC. The maximum atomic E-state index is 13.3. The van der Waals surface area contributed by atoms with Crippen molar-refractivity contribution in [3.05, 3.63) is 95.7 Å². The van der Waals surface area contributed by atoms with Gasteiger partial charge in [-0.1, -0.05) is 54.6 Å². The normalized spacial score (nSPS) is 12.0. The molecule has 158 valence electrons. The minimum atomic E-state index is -0.473. The van der Waals surface area contributed by atoms with Crippen molar-refractivity contribution in [2.45, 2.75) is 18.9 Å². The molecular formula is C26H25NO4. The Morgan fingerprint density at radius 1 is 0.839 bits per heavy atom. The fourth-order valence-corrected chi connectivity index (χ4v) is 3.75. The quantitative estimate of drug-likeness (QED) is 0.435. The summed E-state index contributed by atoms with van der Waals surface area (Å²) in [6.45, 7) is 1.84. The molecule has 0 bridgehead atoms. The molecule has 1 N–H and O–H groups in total. The molecule has 0 radical (unpaired) electrons. The van der Waals surface area contributed by atoms with E-state index in [1.165, 1.54) is 0 Å². The Bertz CT molecular complexity index is 1120. The summed E-state index contributed by atoms with van der Waals surface area (Å²) in [6.07, 6.45) is 0. The molecule has 0 unspecified atom stereocenters. The van der Waals surface area contributed by atoms with Gasteiger partial charge >= 0.3 is 0 Å². The van der Waals surface area contributed by atoms with Crippen LogP contribution in [0.2, 0.25) is 0 Å². The third kappa shape index (κ3) is 4.12. The third-order valence-corrected chi connectivity index (χ3v) is 5.45. The van der Waals surface area contributed by atoms with Crippen molar-refractivity contribution in [3.63, 3.8) is 0 Å². The second-order valence-corrected chi connectivity index (χ2v) is 7.33. The molecule has 0 aliphatic carbocycles. The lowest BCUT2D eigenvalue weighted by molar-refractivity contribution is -0.123. The summed E-state index contributed by atoms with van der Waals surface area (Å²) in [5.74, 6) is 1.38. The number of hydrogen-bond donors (Lipinski definition) is 1. The molecule has 3 aromatic carbocycles. The summed E-state index contributed by atoms with van der Waals surface area (Å²) in [5.41, 5.74) is 2.46. The van der Waals surface area contributed by atoms with Gasteiger partial charge in [-0.2, -0.15) is 0 Å². The molecule has 31 heavy (non-hydrogen) atoms. The average molecular weight is 415 g/mol. The Hall–Kier alpha value is -3.73. The first-order valence-electron chi connectivity index (χ1n) is 10.2. The van der Waals surface area contributed by atoms with Crippen LogP contribution < -0.4 is 14.8 Å². The predicted octanol–water partition coefficient (Wildman–Crippen LogP) is 5.46. The van der Waals surface area contributed by atoms with Gasteiger partial charge in [0.1, 0.15) is 22.8 Å². The molecule has 4 aromatic rings. The fourth-order valence-electron chi connectivity index (χ4n) is 3.75. The number of para-hydroxylation sites is 3. The van der Waals surface area contributed by atoms with Gasteiger partial charge < -0.3 is 19.2 Å². The molecular weight excluding hydrogens is 390 g/mol. The smallest absolute Gasteiger partial charge is 0.231 e. The van der Waals surface area contributed by atoms with E-state index in [-0.39, 0.29) is 5.91 Å². The fraction of sp³-hybridized carbons (Fsp3) is 0.192. The van der Waals surface area contributed by atoms with E-state index in [9.17, 15) is 4.79 Å². The van der Waals surface area contributed by atoms with Gasteiger partial charge in [-0.3, -0.25) is 4.79 Å². The molecule has 1 atom stereocenters. The Morgan fingerprint density at radius 2 is 1.39 bits per heavy atom. The Morgan fingerprint density at radius 3 is 1.97 bits per heavy atom. The number of hydrogen-bond acceptors (Lipinski definition) is 4. The zero-order chi connectivity index (χ0) is 21.8. The van der Waals surface area contributed by atoms with Crippen molar-refractivity contribution in [1.82, 2.24) is 5.32 Å². The molecule has 5 nitrogen and oxygen atoms in total. The molecule has 1 aromatic heterocycles. The highest BCUT2D eigenvalue weighted by molar-refractivity contribution is 5.86. The molecule has 5 heteroatoms. The number of carbonyl (C=O) groups excluding carboxylic acids is 1. The second-order valence-electron chi connectivity index (χ2n) is 7.33. The molecule has 0 saturated carbocycles. The van der Waals surface area contributed by atoms with Gasteiger partial charge in [0.15, 0.2) is 0 Å². The lowest BCUT2D eigenvalue weighted by Gasteiger charge is -2.24. The largest absolute Gasteiger partial charge is 0.496 e. The van der Waals surface area contributed by atoms with Crippen LogP contribution in [0.15, 0.2) is 83.3 Å².